The third-order valence-electron chi connectivity index (χ3n) is 2.88. The lowest BCUT2D eigenvalue weighted by Gasteiger charge is -2.37. The molecule has 1 rings (SSSR count). The molecule has 13 heavy (non-hydrogen) atoms. The lowest BCUT2D eigenvalue weighted by molar-refractivity contribution is 0.138. The van der Waals surface area contributed by atoms with E-state index in [-0.39, 0.29) is 5.41 Å². The second-order valence-electron chi connectivity index (χ2n) is 4.33. The Morgan fingerprint density at radius 3 is 2.54 bits per heavy atom. The van der Waals surface area contributed by atoms with Gasteiger partial charge in [0.1, 0.15) is 0 Å². The number of hydrogen-bond acceptors (Lipinski definition) is 2. The topological polar surface area (TPSA) is 58.4 Å². The van der Waals surface area contributed by atoms with E-state index in [1.165, 1.54) is 0 Å². The van der Waals surface area contributed by atoms with E-state index >= 15 is 0 Å². The first-order chi connectivity index (χ1) is 6.02. The lowest BCUT2D eigenvalue weighted by atomic mass is 9.80. The van der Waals surface area contributed by atoms with Gasteiger partial charge in [-0.2, -0.15) is 0 Å². The smallest absolute Gasteiger partial charge is 0.312 e. The maximum atomic E-state index is 10.5. The Hall–Kier alpha value is -0.770. The minimum atomic E-state index is -0.417. The van der Waals surface area contributed by atoms with Crippen molar-refractivity contribution in [2.75, 3.05) is 26.7 Å². The predicted molar refractivity (Wildman–Crippen MR) is 52.4 cm³/mol. The van der Waals surface area contributed by atoms with E-state index in [9.17, 15) is 4.79 Å². The molecule has 3 N–H and O–H groups in total. The fourth-order valence-electron chi connectivity index (χ4n) is 1.64. The van der Waals surface area contributed by atoms with Crippen molar-refractivity contribution in [1.82, 2.24) is 10.2 Å². The van der Waals surface area contributed by atoms with Crippen molar-refractivity contribution < 1.29 is 4.79 Å². The average molecular weight is 185 g/mol. The summed E-state index contributed by atoms with van der Waals surface area (Å²) in [5.41, 5.74) is 5.27. The van der Waals surface area contributed by atoms with Gasteiger partial charge in [0.2, 0.25) is 0 Å². The fraction of sp³-hybridized carbons (Fsp3) is 0.889. The van der Waals surface area contributed by atoms with Crippen LogP contribution in [-0.2, 0) is 0 Å². The van der Waals surface area contributed by atoms with E-state index in [2.05, 4.69) is 24.2 Å². The SMILES string of the molecule is CN1CCC(C)(CNC(N)=O)CC1. The molecule has 76 valence electrons. The van der Waals surface area contributed by atoms with Crippen LogP contribution < -0.4 is 11.1 Å². The molecule has 0 aromatic carbocycles. The highest BCUT2D eigenvalue weighted by Crippen LogP contribution is 2.29. The van der Waals surface area contributed by atoms with Gasteiger partial charge in [-0.15, -0.1) is 0 Å². The van der Waals surface area contributed by atoms with Gasteiger partial charge in [0, 0.05) is 6.54 Å². The third kappa shape index (κ3) is 3.22. The van der Waals surface area contributed by atoms with E-state index in [1.807, 2.05) is 0 Å². The highest BCUT2D eigenvalue weighted by atomic mass is 16.2. The highest BCUT2D eigenvalue weighted by Gasteiger charge is 2.28. The minimum absolute atomic E-state index is 0.238. The van der Waals surface area contributed by atoms with Crippen molar-refractivity contribution in [3.05, 3.63) is 0 Å². The number of hydrogen-bond donors (Lipinski definition) is 2. The molecule has 0 atom stereocenters. The molecule has 4 heteroatoms. The summed E-state index contributed by atoms with van der Waals surface area (Å²) in [5, 5.41) is 2.69. The van der Waals surface area contributed by atoms with Crippen molar-refractivity contribution in [2.24, 2.45) is 11.1 Å². The molecule has 1 saturated heterocycles. The summed E-state index contributed by atoms with van der Waals surface area (Å²) in [6.45, 7) is 5.12. The first kappa shape index (κ1) is 10.3. The van der Waals surface area contributed by atoms with Crippen LogP contribution in [0.5, 0.6) is 0 Å². The van der Waals surface area contributed by atoms with Gasteiger partial charge >= 0.3 is 6.03 Å². The Kier molecular flexibility index (Phi) is 3.14. The van der Waals surface area contributed by atoms with Crippen LogP contribution in [0.25, 0.3) is 0 Å². The summed E-state index contributed by atoms with van der Waals surface area (Å²) in [6, 6.07) is -0.417. The molecule has 0 saturated carbocycles. The molecule has 1 aliphatic rings. The van der Waals surface area contributed by atoms with Crippen molar-refractivity contribution in [3.63, 3.8) is 0 Å². The summed E-state index contributed by atoms with van der Waals surface area (Å²) in [6.07, 6.45) is 2.26. The second kappa shape index (κ2) is 3.96. The molecule has 0 aliphatic carbocycles. The van der Waals surface area contributed by atoms with Gasteiger partial charge in [-0.05, 0) is 38.4 Å². The van der Waals surface area contributed by atoms with Gasteiger partial charge in [-0.1, -0.05) is 6.92 Å². The molecular formula is C9H19N3O. The van der Waals surface area contributed by atoms with E-state index in [4.69, 9.17) is 5.73 Å². The summed E-state index contributed by atoms with van der Waals surface area (Å²) in [7, 11) is 2.13. The first-order valence-corrected chi connectivity index (χ1v) is 4.74. The molecule has 0 bridgehead atoms. The molecule has 1 heterocycles. The normalized spacial score (nSPS) is 22.6. The number of primary amides is 1. The van der Waals surface area contributed by atoms with Crippen molar-refractivity contribution in [1.29, 1.82) is 0 Å². The van der Waals surface area contributed by atoms with E-state index in [0.29, 0.717) is 6.54 Å². The zero-order chi connectivity index (χ0) is 9.90. The van der Waals surface area contributed by atoms with Crippen LogP contribution in [0.3, 0.4) is 0 Å². The van der Waals surface area contributed by atoms with Crippen LogP contribution in [0.15, 0.2) is 0 Å². The van der Waals surface area contributed by atoms with Crippen molar-refractivity contribution in [3.8, 4) is 0 Å². The number of carbonyl (C=O) groups excluding carboxylic acids is 1. The predicted octanol–water partition coefficient (Wildman–Crippen LogP) is 0.387. The fourth-order valence-corrected chi connectivity index (χ4v) is 1.64. The zero-order valence-corrected chi connectivity index (χ0v) is 8.47. The molecule has 2 amide bonds. The Morgan fingerprint density at radius 1 is 1.54 bits per heavy atom. The zero-order valence-electron chi connectivity index (χ0n) is 8.47. The number of carbonyl (C=O) groups is 1. The molecule has 4 nitrogen and oxygen atoms in total. The molecule has 0 aromatic rings. The van der Waals surface area contributed by atoms with Crippen molar-refractivity contribution >= 4 is 6.03 Å². The molecule has 0 spiro atoms. The van der Waals surface area contributed by atoms with Crippen molar-refractivity contribution in [2.45, 2.75) is 19.8 Å². The van der Waals surface area contributed by atoms with Crippen LogP contribution in [0.2, 0.25) is 0 Å². The van der Waals surface area contributed by atoms with Gasteiger partial charge in [-0.3, -0.25) is 0 Å². The maximum Gasteiger partial charge on any atom is 0.312 e. The number of nitrogens with one attached hydrogen (secondary N) is 1. The minimum Gasteiger partial charge on any atom is -0.352 e. The Bertz CT molecular complexity index is 185. The number of piperidine rings is 1. The van der Waals surface area contributed by atoms with Gasteiger partial charge in [0.05, 0.1) is 0 Å². The number of urea groups is 1. The molecule has 1 fully saturated rings. The summed E-state index contributed by atoms with van der Waals surface area (Å²) in [5.74, 6) is 0. The van der Waals surface area contributed by atoms with Crippen LogP contribution in [0.4, 0.5) is 4.79 Å². The third-order valence-corrected chi connectivity index (χ3v) is 2.88. The number of nitrogens with zero attached hydrogens (tertiary/aromatic N) is 1. The van der Waals surface area contributed by atoms with E-state index in [0.717, 1.165) is 25.9 Å². The molecule has 0 radical (unpaired) electrons. The second-order valence-corrected chi connectivity index (χ2v) is 4.33. The summed E-state index contributed by atoms with van der Waals surface area (Å²) >= 11 is 0. The maximum absolute atomic E-state index is 10.5. The molecular weight excluding hydrogens is 166 g/mol. The number of amides is 2. The number of nitrogens with two attached hydrogens (primary N) is 1. The summed E-state index contributed by atoms with van der Waals surface area (Å²) in [4.78, 5) is 12.9. The monoisotopic (exact) mass is 185 g/mol. The van der Waals surface area contributed by atoms with E-state index in [1.54, 1.807) is 0 Å². The standard InChI is InChI=1S/C9H19N3O/c1-9(7-11-8(10)13)3-5-12(2)6-4-9/h3-7H2,1-2H3,(H3,10,11,13). The summed E-state index contributed by atoms with van der Waals surface area (Å²) < 4.78 is 0. The van der Waals surface area contributed by atoms with Gasteiger partial charge in [0.25, 0.3) is 0 Å². The van der Waals surface area contributed by atoms with Crippen LogP contribution >= 0.6 is 0 Å². The molecule has 0 unspecified atom stereocenters. The quantitative estimate of drug-likeness (QED) is 0.653. The lowest BCUT2D eigenvalue weighted by Crippen LogP contribution is -2.44. The van der Waals surface area contributed by atoms with Crippen LogP contribution in [0, 0.1) is 5.41 Å². The Morgan fingerprint density at radius 2 is 2.08 bits per heavy atom. The number of rotatable bonds is 2. The first-order valence-electron chi connectivity index (χ1n) is 4.74. The van der Waals surface area contributed by atoms with E-state index < -0.39 is 6.03 Å². The largest absolute Gasteiger partial charge is 0.352 e. The Balaban J connectivity index is 2.34. The highest BCUT2D eigenvalue weighted by molar-refractivity contribution is 5.71. The van der Waals surface area contributed by atoms with Crippen LogP contribution in [0.1, 0.15) is 19.8 Å². The van der Waals surface area contributed by atoms with Gasteiger partial charge in [-0.25, -0.2) is 4.79 Å². The molecule has 1 aliphatic heterocycles. The number of likely N-dealkylation sites (tertiary alicyclic amines) is 1. The van der Waals surface area contributed by atoms with Crippen LogP contribution in [-0.4, -0.2) is 37.6 Å². The Labute approximate surface area is 79.5 Å². The van der Waals surface area contributed by atoms with Gasteiger partial charge < -0.3 is 16.0 Å². The van der Waals surface area contributed by atoms with Gasteiger partial charge in [0.15, 0.2) is 0 Å². The average Bonchev–Trinajstić information content (AvgIpc) is 2.08. The molecule has 0 aromatic heterocycles.